The van der Waals surface area contributed by atoms with Crippen LogP contribution in [0.5, 0.6) is 0 Å². The van der Waals surface area contributed by atoms with Crippen LogP contribution in [0.2, 0.25) is 0 Å². The van der Waals surface area contributed by atoms with Gasteiger partial charge in [0.05, 0.1) is 23.4 Å². The van der Waals surface area contributed by atoms with Crippen LogP contribution in [0.3, 0.4) is 0 Å². The van der Waals surface area contributed by atoms with Crippen LogP contribution < -0.4 is 9.80 Å². The highest BCUT2D eigenvalue weighted by atomic mass is 16.2. The van der Waals surface area contributed by atoms with Crippen LogP contribution in [0.4, 0.5) is 11.4 Å². The summed E-state index contributed by atoms with van der Waals surface area (Å²) in [7, 11) is 0. The summed E-state index contributed by atoms with van der Waals surface area (Å²) in [6, 6.07) is 23.8. The molecular formula is C26H22N6O2. The number of carbonyl (C=O) groups excluding carboxylic acids is 2. The summed E-state index contributed by atoms with van der Waals surface area (Å²) >= 11 is 0. The van der Waals surface area contributed by atoms with E-state index in [1.54, 1.807) is 36.4 Å². The molecule has 3 aromatic carbocycles. The Kier molecular flexibility index (Phi) is 5.47. The molecule has 0 saturated carbocycles. The van der Waals surface area contributed by atoms with Crippen molar-refractivity contribution in [2.75, 3.05) is 16.3 Å². The van der Waals surface area contributed by atoms with Crippen LogP contribution in [-0.4, -0.2) is 40.6 Å². The number of hydrogen-bond acceptors (Lipinski definition) is 5. The summed E-state index contributed by atoms with van der Waals surface area (Å²) in [5, 5.41) is 26.3. The maximum Gasteiger partial charge on any atom is 0.238 e. The number of anilines is 2. The first kappa shape index (κ1) is 21.3. The van der Waals surface area contributed by atoms with Crippen LogP contribution in [-0.2, 0) is 16.0 Å². The van der Waals surface area contributed by atoms with Gasteiger partial charge in [-0.05, 0) is 18.2 Å². The highest BCUT2D eigenvalue weighted by molar-refractivity contribution is 6.31. The molecule has 168 valence electrons. The van der Waals surface area contributed by atoms with Crippen molar-refractivity contribution in [2.45, 2.75) is 6.42 Å². The molecule has 1 aliphatic heterocycles. The number of carbonyl (C=O) groups is 2. The molecule has 5 rings (SSSR count). The molecule has 3 N–H and O–H groups in total. The van der Waals surface area contributed by atoms with Crippen LogP contribution >= 0.6 is 0 Å². The molecule has 1 amide bonds. The molecule has 1 aromatic heterocycles. The van der Waals surface area contributed by atoms with Gasteiger partial charge in [-0.2, -0.15) is 5.10 Å². The minimum Gasteiger partial charge on any atom is -0.303 e. The summed E-state index contributed by atoms with van der Waals surface area (Å²) in [6.45, 7) is -0.143. The van der Waals surface area contributed by atoms with Crippen molar-refractivity contribution >= 4 is 46.1 Å². The first-order valence-corrected chi connectivity index (χ1v) is 10.9. The van der Waals surface area contributed by atoms with E-state index in [4.69, 9.17) is 10.8 Å². The molecule has 4 aromatic rings. The number of fused-ring (bicyclic) bond motifs is 2. The maximum atomic E-state index is 13.8. The van der Waals surface area contributed by atoms with Gasteiger partial charge in [-0.25, -0.2) is 0 Å². The molecule has 0 radical (unpaired) electrons. The average molecular weight is 451 g/mol. The Labute approximate surface area is 195 Å². The molecule has 1 aliphatic rings. The summed E-state index contributed by atoms with van der Waals surface area (Å²) in [5.41, 5.74) is 3.11. The summed E-state index contributed by atoms with van der Waals surface area (Å²) in [5.74, 6) is -1.25. The molecule has 1 atom stereocenters. The first-order valence-electron chi connectivity index (χ1n) is 10.9. The average Bonchev–Trinajstić information content (AvgIpc) is 3.26. The second-order valence-electron chi connectivity index (χ2n) is 8.02. The summed E-state index contributed by atoms with van der Waals surface area (Å²) in [4.78, 5) is 28.2. The fourth-order valence-corrected chi connectivity index (χ4v) is 4.38. The fourth-order valence-electron chi connectivity index (χ4n) is 4.38. The van der Waals surface area contributed by atoms with Crippen LogP contribution in [0.15, 0.2) is 78.9 Å². The Balaban J connectivity index is 1.65. The van der Waals surface area contributed by atoms with E-state index in [-0.39, 0.29) is 30.5 Å². The number of aldehydes is 1. The molecule has 8 nitrogen and oxygen atoms in total. The lowest BCUT2D eigenvalue weighted by atomic mass is 9.97. The molecule has 2 heterocycles. The van der Waals surface area contributed by atoms with Gasteiger partial charge in [-0.3, -0.25) is 25.6 Å². The van der Waals surface area contributed by atoms with Crippen molar-refractivity contribution in [3.05, 3.63) is 90.1 Å². The van der Waals surface area contributed by atoms with Crippen molar-refractivity contribution in [2.24, 2.45) is 5.92 Å². The van der Waals surface area contributed by atoms with Gasteiger partial charge < -0.3 is 9.69 Å². The minimum absolute atomic E-state index is 0.0293. The molecule has 0 aliphatic carbocycles. The number of H-pyrrole nitrogens is 1. The molecular weight excluding hydrogens is 428 g/mol. The van der Waals surface area contributed by atoms with Crippen molar-refractivity contribution in [3.63, 3.8) is 0 Å². The Morgan fingerprint density at radius 3 is 2.41 bits per heavy atom. The van der Waals surface area contributed by atoms with Crippen molar-refractivity contribution in [3.8, 4) is 0 Å². The number of nitrogens with zero attached hydrogens (tertiary/aromatic N) is 3. The van der Waals surface area contributed by atoms with Gasteiger partial charge >= 0.3 is 0 Å². The monoisotopic (exact) mass is 450 g/mol. The van der Waals surface area contributed by atoms with Crippen molar-refractivity contribution in [1.29, 1.82) is 10.8 Å². The zero-order valence-corrected chi connectivity index (χ0v) is 18.2. The van der Waals surface area contributed by atoms with E-state index in [1.165, 1.54) is 9.80 Å². The lowest BCUT2D eigenvalue weighted by Gasteiger charge is -2.27. The highest BCUT2D eigenvalue weighted by Gasteiger charge is 2.39. The van der Waals surface area contributed by atoms with Gasteiger partial charge in [0.15, 0.2) is 0 Å². The predicted molar refractivity (Wildman–Crippen MR) is 132 cm³/mol. The number of aromatic nitrogens is 2. The van der Waals surface area contributed by atoms with Gasteiger partial charge in [0.2, 0.25) is 5.91 Å². The predicted octanol–water partition coefficient (Wildman–Crippen LogP) is 3.78. The normalized spacial score (nSPS) is 15.8. The maximum absolute atomic E-state index is 13.8. The number of amidine groups is 2. The number of rotatable bonds is 5. The third-order valence-electron chi connectivity index (χ3n) is 6.03. The Hall–Kier alpha value is -4.59. The molecule has 0 spiro atoms. The van der Waals surface area contributed by atoms with E-state index in [9.17, 15) is 9.59 Å². The zero-order chi connectivity index (χ0) is 23.7. The Morgan fingerprint density at radius 2 is 1.65 bits per heavy atom. The van der Waals surface area contributed by atoms with E-state index < -0.39 is 5.92 Å². The number of para-hydroxylation sites is 3. The fraction of sp³-hybridized carbons (Fsp3) is 0.115. The molecule has 1 unspecified atom stereocenters. The summed E-state index contributed by atoms with van der Waals surface area (Å²) < 4.78 is 0. The second-order valence-corrected chi connectivity index (χ2v) is 8.02. The molecule has 8 heteroatoms. The molecule has 0 fully saturated rings. The quantitative estimate of drug-likeness (QED) is 0.244. The van der Waals surface area contributed by atoms with Gasteiger partial charge in [0.25, 0.3) is 0 Å². The van der Waals surface area contributed by atoms with Crippen molar-refractivity contribution < 1.29 is 9.59 Å². The van der Waals surface area contributed by atoms with E-state index in [2.05, 4.69) is 10.2 Å². The van der Waals surface area contributed by atoms with Crippen molar-refractivity contribution in [1.82, 2.24) is 10.2 Å². The Bertz CT molecular complexity index is 1410. The van der Waals surface area contributed by atoms with Crippen LogP contribution in [0, 0.1) is 16.7 Å². The topological polar surface area (TPSA) is 117 Å². The SMILES string of the molecule is N=C(c1ccccc1)N1C(=N)C(Cc2[nH]nc3ccccc23)C(=O)N(CC=O)c2ccccc21. The van der Waals surface area contributed by atoms with E-state index in [1.807, 2.05) is 42.5 Å². The lowest BCUT2D eigenvalue weighted by molar-refractivity contribution is -0.121. The third-order valence-corrected chi connectivity index (χ3v) is 6.03. The van der Waals surface area contributed by atoms with E-state index in [0.29, 0.717) is 23.2 Å². The highest BCUT2D eigenvalue weighted by Crippen LogP contribution is 2.36. The van der Waals surface area contributed by atoms with E-state index in [0.717, 1.165) is 16.6 Å². The van der Waals surface area contributed by atoms with Crippen LogP contribution in [0.25, 0.3) is 10.9 Å². The number of hydrogen-bond donors (Lipinski definition) is 3. The van der Waals surface area contributed by atoms with Gasteiger partial charge in [-0.1, -0.05) is 60.7 Å². The number of benzene rings is 3. The van der Waals surface area contributed by atoms with Gasteiger partial charge in [-0.15, -0.1) is 0 Å². The standard InChI is InChI=1S/C26H22N6O2/c27-24(17-8-2-1-3-9-17)32-23-13-7-6-12-22(23)31(14-15-33)26(34)19(25(32)28)16-21-18-10-4-5-11-20(18)29-30-21/h1-13,15,19,27-28H,14,16H2,(H,29,30). The number of nitrogens with one attached hydrogen (secondary N) is 3. The Morgan fingerprint density at radius 1 is 0.971 bits per heavy atom. The molecule has 0 saturated heterocycles. The largest absolute Gasteiger partial charge is 0.303 e. The lowest BCUT2D eigenvalue weighted by Crippen LogP contribution is -2.45. The minimum atomic E-state index is -0.930. The first-order chi connectivity index (χ1) is 16.6. The van der Waals surface area contributed by atoms with E-state index >= 15 is 0 Å². The van der Waals surface area contributed by atoms with Gasteiger partial charge in [0.1, 0.15) is 23.9 Å². The summed E-state index contributed by atoms with van der Waals surface area (Å²) in [6.07, 6.45) is 0.860. The number of amides is 1. The molecule has 0 bridgehead atoms. The van der Waals surface area contributed by atoms with Gasteiger partial charge in [0, 0.05) is 23.1 Å². The second kappa shape index (κ2) is 8.74. The molecule has 34 heavy (non-hydrogen) atoms. The third kappa shape index (κ3) is 3.55. The smallest absolute Gasteiger partial charge is 0.238 e. The number of aromatic amines is 1. The zero-order valence-electron chi connectivity index (χ0n) is 18.2. The van der Waals surface area contributed by atoms with Crippen LogP contribution in [0.1, 0.15) is 11.3 Å².